The Kier molecular flexibility index (Phi) is 3.43. The Hall–Kier alpha value is -1.36. The molecule has 1 aromatic carbocycles. The Morgan fingerprint density at radius 2 is 1.94 bits per heavy atom. The van der Waals surface area contributed by atoms with Crippen LogP contribution >= 0.6 is 15.9 Å². The van der Waals surface area contributed by atoms with Crippen LogP contribution in [0.3, 0.4) is 0 Å². The highest BCUT2D eigenvalue weighted by atomic mass is 79.9. The smallest absolute Gasteiger partial charge is 0.227 e. The molecule has 2 rings (SSSR count). The van der Waals surface area contributed by atoms with Gasteiger partial charge in [0.25, 0.3) is 0 Å². The first-order chi connectivity index (χ1) is 8.40. The first kappa shape index (κ1) is 13.1. The Morgan fingerprint density at radius 1 is 1.39 bits per heavy atom. The molecule has 1 aromatic rings. The topological polar surface area (TPSA) is 63.4 Å². The Bertz CT molecular complexity index is 505. The first-order valence-electron chi connectivity index (χ1n) is 5.76. The summed E-state index contributed by atoms with van der Waals surface area (Å²) in [5, 5.41) is 0. The highest BCUT2D eigenvalue weighted by Crippen LogP contribution is 2.32. The van der Waals surface area contributed by atoms with Gasteiger partial charge in [0.2, 0.25) is 11.8 Å². The maximum absolute atomic E-state index is 12.0. The van der Waals surface area contributed by atoms with Gasteiger partial charge in [0, 0.05) is 23.1 Å². The third-order valence-electron chi connectivity index (χ3n) is 3.25. The number of benzene rings is 1. The molecule has 1 atom stereocenters. The van der Waals surface area contributed by atoms with Crippen molar-refractivity contribution in [3.05, 3.63) is 27.7 Å². The number of carbonyl (C=O) groups excluding carboxylic acids is 2. The number of amides is 2. The molecule has 0 saturated carbocycles. The predicted octanol–water partition coefficient (Wildman–Crippen LogP) is 1.90. The van der Waals surface area contributed by atoms with Gasteiger partial charge >= 0.3 is 0 Å². The number of aryl methyl sites for hydroxylation is 2. The van der Waals surface area contributed by atoms with E-state index in [1.807, 2.05) is 26.0 Å². The molecule has 96 valence electrons. The minimum Gasteiger partial charge on any atom is -0.369 e. The molecule has 0 aliphatic carbocycles. The second-order valence-corrected chi connectivity index (χ2v) is 5.61. The van der Waals surface area contributed by atoms with Crippen LogP contribution in [0.15, 0.2) is 16.6 Å². The van der Waals surface area contributed by atoms with Gasteiger partial charge in [-0.2, -0.15) is 0 Å². The average Bonchev–Trinajstić information content (AvgIpc) is 2.59. The van der Waals surface area contributed by atoms with Crippen molar-refractivity contribution in [1.29, 1.82) is 0 Å². The van der Waals surface area contributed by atoms with Crippen LogP contribution < -0.4 is 10.6 Å². The van der Waals surface area contributed by atoms with E-state index in [1.165, 1.54) is 0 Å². The zero-order valence-corrected chi connectivity index (χ0v) is 12.0. The maximum Gasteiger partial charge on any atom is 0.227 e. The van der Waals surface area contributed by atoms with E-state index in [2.05, 4.69) is 15.9 Å². The molecule has 1 saturated heterocycles. The second-order valence-electron chi connectivity index (χ2n) is 4.70. The standard InChI is InChI=1S/C13H15BrN2O2/c1-7-3-10(14)4-8(2)12(7)16-6-9(13(15)18)5-11(16)17/h3-4,9H,5-6H2,1-2H3,(H2,15,18). The van der Waals surface area contributed by atoms with E-state index in [1.54, 1.807) is 4.90 Å². The largest absolute Gasteiger partial charge is 0.369 e. The molecule has 1 heterocycles. The lowest BCUT2D eigenvalue weighted by Gasteiger charge is -2.21. The SMILES string of the molecule is Cc1cc(Br)cc(C)c1N1CC(C(N)=O)CC1=O. The van der Waals surface area contributed by atoms with Crippen molar-refractivity contribution in [3.63, 3.8) is 0 Å². The molecule has 1 aliphatic heterocycles. The predicted molar refractivity (Wildman–Crippen MR) is 73.3 cm³/mol. The molecule has 18 heavy (non-hydrogen) atoms. The second kappa shape index (κ2) is 4.72. The molecule has 5 heteroatoms. The number of nitrogens with zero attached hydrogens (tertiary/aromatic N) is 1. The van der Waals surface area contributed by atoms with Crippen molar-refractivity contribution in [2.45, 2.75) is 20.3 Å². The van der Waals surface area contributed by atoms with Gasteiger partial charge in [0.1, 0.15) is 0 Å². The summed E-state index contributed by atoms with van der Waals surface area (Å²) in [4.78, 5) is 24.8. The molecule has 0 aromatic heterocycles. The maximum atomic E-state index is 12.0. The summed E-state index contributed by atoms with van der Waals surface area (Å²) < 4.78 is 0.986. The third-order valence-corrected chi connectivity index (χ3v) is 3.71. The van der Waals surface area contributed by atoms with E-state index >= 15 is 0 Å². The average molecular weight is 311 g/mol. The quantitative estimate of drug-likeness (QED) is 0.907. The van der Waals surface area contributed by atoms with Crippen molar-refractivity contribution >= 4 is 33.4 Å². The third kappa shape index (κ3) is 2.27. The van der Waals surface area contributed by atoms with Crippen molar-refractivity contribution in [1.82, 2.24) is 0 Å². The number of nitrogens with two attached hydrogens (primary N) is 1. The Balaban J connectivity index is 2.39. The molecule has 0 bridgehead atoms. The Morgan fingerprint density at radius 3 is 2.39 bits per heavy atom. The summed E-state index contributed by atoms with van der Waals surface area (Å²) in [5.74, 6) is -0.814. The monoisotopic (exact) mass is 310 g/mol. The molecular formula is C13H15BrN2O2. The number of primary amides is 1. The highest BCUT2D eigenvalue weighted by Gasteiger charge is 2.35. The van der Waals surface area contributed by atoms with E-state index in [0.29, 0.717) is 6.54 Å². The zero-order valence-electron chi connectivity index (χ0n) is 10.4. The van der Waals surface area contributed by atoms with Gasteiger partial charge in [-0.1, -0.05) is 15.9 Å². The summed E-state index contributed by atoms with van der Waals surface area (Å²) in [6.07, 6.45) is 0.213. The summed E-state index contributed by atoms with van der Waals surface area (Å²) in [6.45, 7) is 4.30. The first-order valence-corrected chi connectivity index (χ1v) is 6.56. The van der Waals surface area contributed by atoms with Crippen molar-refractivity contribution in [3.8, 4) is 0 Å². The van der Waals surface area contributed by atoms with Crippen LogP contribution in [0, 0.1) is 19.8 Å². The molecule has 0 spiro atoms. The molecule has 1 aliphatic rings. The van der Waals surface area contributed by atoms with Gasteiger partial charge in [0.05, 0.1) is 5.92 Å². The lowest BCUT2D eigenvalue weighted by Crippen LogP contribution is -2.29. The highest BCUT2D eigenvalue weighted by molar-refractivity contribution is 9.10. The summed E-state index contributed by atoms with van der Waals surface area (Å²) >= 11 is 3.43. The van der Waals surface area contributed by atoms with Crippen molar-refractivity contribution in [2.24, 2.45) is 11.7 Å². The Labute approximate surface area is 114 Å². The van der Waals surface area contributed by atoms with Gasteiger partial charge in [0.15, 0.2) is 0 Å². The van der Waals surface area contributed by atoms with Crippen LogP contribution in [0.5, 0.6) is 0 Å². The minimum absolute atomic E-state index is 0.0349. The van der Waals surface area contributed by atoms with E-state index < -0.39 is 5.91 Å². The number of hydrogen-bond donors (Lipinski definition) is 1. The number of carbonyl (C=O) groups is 2. The fraction of sp³-hybridized carbons (Fsp3) is 0.385. The summed E-state index contributed by atoms with van der Waals surface area (Å²) in [6, 6.07) is 3.93. The molecule has 0 radical (unpaired) electrons. The molecule has 1 fully saturated rings. The van der Waals surface area contributed by atoms with Gasteiger partial charge in [-0.3, -0.25) is 9.59 Å². The van der Waals surface area contributed by atoms with Gasteiger partial charge in [-0.25, -0.2) is 0 Å². The number of rotatable bonds is 2. The summed E-state index contributed by atoms with van der Waals surface area (Å²) in [7, 11) is 0. The molecule has 1 unspecified atom stereocenters. The minimum atomic E-state index is -0.404. The van der Waals surface area contributed by atoms with Gasteiger partial charge in [-0.05, 0) is 37.1 Å². The van der Waals surface area contributed by atoms with E-state index in [9.17, 15) is 9.59 Å². The van der Waals surface area contributed by atoms with E-state index in [-0.39, 0.29) is 18.2 Å². The normalized spacial score (nSPS) is 19.4. The van der Waals surface area contributed by atoms with Gasteiger partial charge < -0.3 is 10.6 Å². The number of halogens is 1. The molecule has 2 amide bonds. The number of anilines is 1. The van der Waals surface area contributed by atoms with Crippen LogP contribution in [-0.2, 0) is 9.59 Å². The number of hydrogen-bond acceptors (Lipinski definition) is 2. The van der Waals surface area contributed by atoms with Crippen molar-refractivity contribution < 1.29 is 9.59 Å². The molecule has 2 N–H and O–H groups in total. The molecule has 4 nitrogen and oxygen atoms in total. The van der Waals surface area contributed by atoms with Crippen LogP contribution in [0.1, 0.15) is 17.5 Å². The van der Waals surface area contributed by atoms with Crippen LogP contribution in [0.2, 0.25) is 0 Å². The molecular weight excluding hydrogens is 296 g/mol. The lowest BCUT2D eigenvalue weighted by molar-refractivity contribution is -0.123. The zero-order chi connectivity index (χ0) is 13.4. The lowest BCUT2D eigenvalue weighted by atomic mass is 10.1. The fourth-order valence-electron chi connectivity index (χ4n) is 2.44. The van der Waals surface area contributed by atoms with Crippen LogP contribution in [0.4, 0.5) is 5.69 Å². The summed E-state index contributed by atoms with van der Waals surface area (Å²) in [5.41, 5.74) is 8.20. The van der Waals surface area contributed by atoms with E-state index in [0.717, 1.165) is 21.3 Å². The fourth-order valence-corrected chi connectivity index (χ4v) is 3.13. The van der Waals surface area contributed by atoms with Gasteiger partial charge in [-0.15, -0.1) is 0 Å². The van der Waals surface area contributed by atoms with Crippen LogP contribution in [0.25, 0.3) is 0 Å². The van der Waals surface area contributed by atoms with E-state index in [4.69, 9.17) is 5.73 Å². The van der Waals surface area contributed by atoms with Crippen molar-refractivity contribution in [2.75, 3.05) is 11.4 Å². The van der Waals surface area contributed by atoms with Crippen LogP contribution in [-0.4, -0.2) is 18.4 Å².